The Balaban J connectivity index is 2.00. The van der Waals surface area contributed by atoms with E-state index >= 15 is 0 Å². The fourth-order valence-corrected chi connectivity index (χ4v) is 2.72. The molecule has 3 N–H and O–H groups in total. The summed E-state index contributed by atoms with van der Waals surface area (Å²) in [6.45, 7) is 0. The predicted molar refractivity (Wildman–Crippen MR) is 119 cm³/mol. The zero-order chi connectivity index (χ0) is 19.9. The van der Waals surface area contributed by atoms with Crippen LogP contribution in [0.15, 0.2) is 60.7 Å². The maximum atomic E-state index is 12.2. The van der Waals surface area contributed by atoms with Crippen molar-refractivity contribution in [1.29, 1.82) is 0 Å². The molecule has 1 unspecified atom stereocenters. The van der Waals surface area contributed by atoms with Crippen LogP contribution in [-0.4, -0.2) is 21.0 Å². The van der Waals surface area contributed by atoms with E-state index in [1.807, 2.05) is 30.3 Å². The molecule has 2 aromatic rings. The lowest BCUT2D eigenvalue weighted by atomic mass is 10.2. The number of nitrogens with one attached hydrogen (secondary N) is 3. The van der Waals surface area contributed by atoms with Gasteiger partial charge in [0.25, 0.3) is 0 Å². The second-order valence-electron chi connectivity index (χ2n) is 5.31. The highest BCUT2D eigenvalue weighted by molar-refractivity contribution is 7.80. The van der Waals surface area contributed by atoms with Crippen LogP contribution in [0.3, 0.4) is 0 Å². The summed E-state index contributed by atoms with van der Waals surface area (Å²) < 4.78 is -1.84. The predicted octanol–water partition coefficient (Wildman–Crippen LogP) is 5.15. The number of anilines is 1. The monoisotopic (exact) mass is 461 g/mol. The zero-order valence-electron chi connectivity index (χ0n) is 13.8. The largest absolute Gasteiger partial charge is 0.339 e. The van der Waals surface area contributed by atoms with Gasteiger partial charge >= 0.3 is 0 Å². The van der Waals surface area contributed by atoms with Gasteiger partial charge in [0.15, 0.2) is 5.11 Å². The van der Waals surface area contributed by atoms with Crippen molar-refractivity contribution < 1.29 is 4.79 Å². The molecule has 0 aliphatic rings. The fraction of sp³-hybridized carbons (Fsp3) is 0.111. The zero-order valence-corrected chi connectivity index (χ0v) is 17.6. The van der Waals surface area contributed by atoms with E-state index in [-0.39, 0.29) is 5.11 Å². The van der Waals surface area contributed by atoms with Crippen LogP contribution in [0.1, 0.15) is 5.56 Å². The molecule has 2 aromatic carbocycles. The molecule has 0 aromatic heterocycles. The van der Waals surface area contributed by atoms with Gasteiger partial charge in [-0.25, -0.2) is 0 Å². The first kappa shape index (κ1) is 21.8. The van der Waals surface area contributed by atoms with Crippen molar-refractivity contribution in [2.24, 2.45) is 0 Å². The summed E-state index contributed by atoms with van der Waals surface area (Å²) in [5.74, 6) is -0.455. The maximum Gasteiger partial charge on any atom is 0.245 e. The number of alkyl halides is 3. The summed E-state index contributed by atoms with van der Waals surface area (Å²) in [7, 11) is 0. The van der Waals surface area contributed by atoms with Crippen LogP contribution in [0.5, 0.6) is 0 Å². The Kier molecular flexibility index (Phi) is 8.20. The van der Waals surface area contributed by atoms with E-state index in [1.54, 1.807) is 30.3 Å². The number of benzene rings is 2. The molecule has 9 heteroatoms. The average Bonchev–Trinajstić information content (AvgIpc) is 2.61. The molecule has 0 radical (unpaired) electrons. The highest BCUT2D eigenvalue weighted by Gasteiger charge is 2.34. The Hall–Kier alpha value is -1.50. The summed E-state index contributed by atoms with van der Waals surface area (Å²) in [5.41, 5.74) is 1.44. The highest BCUT2D eigenvalue weighted by atomic mass is 35.6. The minimum absolute atomic E-state index is 0.131. The van der Waals surface area contributed by atoms with Crippen LogP contribution >= 0.6 is 58.6 Å². The van der Waals surface area contributed by atoms with E-state index in [0.29, 0.717) is 10.7 Å². The summed E-state index contributed by atoms with van der Waals surface area (Å²) in [6, 6.07) is 16.3. The molecule has 27 heavy (non-hydrogen) atoms. The molecule has 0 saturated heterocycles. The molecule has 0 fully saturated rings. The quantitative estimate of drug-likeness (QED) is 0.249. The molecular formula is C18H15Cl4N3OS. The SMILES string of the molecule is O=C(C=Cc1ccccc1)NC(NC(=S)Nc1ccccc1Cl)C(Cl)(Cl)Cl. The van der Waals surface area contributed by atoms with Gasteiger partial charge in [-0.2, -0.15) is 0 Å². The Morgan fingerprint density at radius 1 is 1.00 bits per heavy atom. The van der Waals surface area contributed by atoms with Gasteiger partial charge in [-0.05, 0) is 36.0 Å². The normalized spacial score (nSPS) is 12.4. The molecule has 1 atom stereocenters. The Labute approximate surface area is 182 Å². The number of halogens is 4. The highest BCUT2D eigenvalue weighted by Crippen LogP contribution is 2.29. The maximum absolute atomic E-state index is 12.2. The van der Waals surface area contributed by atoms with Crippen molar-refractivity contribution in [1.82, 2.24) is 10.6 Å². The Bertz CT molecular complexity index is 825. The first-order valence-corrected chi connectivity index (χ1v) is 9.60. The van der Waals surface area contributed by atoms with Gasteiger partial charge in [0.05, 0.1) is 10.7 Å². The molecule has 0 heterocycles. The number of hydrogen-bond acceptors (Lipinski definition) is 2. The lowest BCUT2D eigenvalue weighted by Crippen LogP contribution is -2.55. The van der Waals surface area contributed by atoms with E-state index in [4.69, 9.17) is 58.6 Å². The van der Waals surface area contributed by atoms with E-state index in [9.17, 15) is 4.79 Å². The molecule has 0 aliphatic heterocycles. The average molecular weight is 463 g/mol. The number of amides is 1. The van der Waals surface area contributed by atoms with Gasteiger partial charge in [0.1, 0.15) is 6.17 Å². The Morgan fingerprint density at radius 2 is 1.63 bits per heavy atom. The van der Waals surface area contributed by atoms with Crippen LogP contribution in [0.25, 0.3) is 6.08 Å². The smallest absolute Gasteiger partial charge is 0.245 e. The van der Waals surface area contributed by atoms with Gasteiger partial charge in [0, 0.05) is 6.08 Å². The van der Waals surface area contributed by atoms with E-state index < -0.39 is 15.9 Å². The van der Waals surface area contributed by atoms with Gasteiger partial charge < -0.3 is 16.0 Å². The molecule has 142 valence electrons. The molecule has 1 amide bonds. The van der Waals surface area contributed by atoms with Crippen molar-refractivity contribution in [2.75, 3.05) is 5.32 Å². The Morgan fingerprint density at radius 3 is 2.26 bits per heavy atom. The van der Waals surface area contributed by atoms with Crippen LogP contribution in [0.2, 0.25) is 5.02 Å². The summed E-state index contributed by atoms with van der Waals surface area (Å²) in [5, 5.41) is 8.82. The number of thiocarbonyl (C=S) groups is 1. The number of hydrogen-bond donors (Lipinski definition) is 3. The second kappa shape index (κ2) is 10.2. The van der Waals surface area contributed by atoms with Crippen molar-refractivity contribution in [2.45, 2.75) is 9.96 Å². The standard InChI is InChI=1S/C18H15Cl4N3OS/c19-13-8-4-5-9-14(13)23-17(27)25-16(18(20,21)22)24-15(26)11-10-12-6-2-1-3-7-12/h1-11,16H,(H,24,26)(H2,23,25,27). The number of carbonyl (C=O) groups excluding carboxylic acids is 1. The third-order valence-electron chi connectivity index (χ3n) is 3.24. The summed E-state index contributed by atoms with van der Waals surface area (Å²) in [6.07, 6.45) is 1.91. The fourth-order valence-electron chi connectivity index (χ4n) is 1.98. The van der Waals surface area contributed by atoms with Crippen molar-refractivity contribution in [3.05, 3.63) is 71.3 Å². The topological polar surface area (TPSA) is 53.2 Å². The minimum Gasteiger partial charge on any atom is -0.339 e. The summed E-state index contributed by atoms with van der Waals surface area (Å²) >= 11 is 29.1. The van der Waals surface area contributed by atoms with E-state index in [0.717, 1.165) is 5.56 Å². The molecule has 4 nitrogen and oxygen atoms in total. The van der Waals surface area contributed by atoms with E-state index in [2.05, 4.69) is 16.0 Å². The lowest BCUT2D eigenvalue weighted by Gasteiger charge is -2.27. The van der Waals surface area contributed by atoms with Crippen molar-refractivity contribution >= 4 is 81.4 Å². The summed E-state index contributed by atoms with van der Waals surface area (Å²) in [4.78, 5) is 12.2. The second-order valence-corrected chi connectivity index (χ2v) is 8.49. The van der Waals surface area contributed by atoms with E-state index in [1.165, 1.54) is 6.08 Å². The van der Waals surface area contributed by atoms with Gasteiger partial charge in [-0.3, -0.25) is 4.79 Å². The molecule has 0 spiro atoms. The first-order chi connectivity index (χ1) is 12.8. The minimum atomic E-state index is -1.84. The molecule has 0 bridgehead atoms. The van der Waals surface area contributed by atoms with Crippen LogP contribution < -0.4 is 16.0 Å². The van der Waals surface area contributed by atoms with Crippen molar-refractivity contribution in [3.63, 3.8) is 0 Å². The van der Waals surface area contributed by atoms with Crippen LogP contribution in [-0.2, 0) is 4.79 Å². The van der Waals surface area contributed by atoms with Crippen LogP contribution in [0, 0.1) is 0 Å². The number of para-hydroxylation sites is 1. The molecular weight excluding hydrogens is 448 g/mol. The van der Waals surface area contributed by atoms with Gasteiger partial charge in [0.2, 0.25) is 9.70 Å². The lowest BCUT2D eigenvalue weighted by molar-refractivity contribution is -0.117. The van der Waals surface area contributed by atoms with Crippen molar-refractivity contribution in [3.8, 4) is 0 Å². The number of carbonyl (C=O) groups is 1. The third kappa shape index (κ3) is 7.56. The van der Waals surface area contributed by atoms with Gasteiger partial charge in [-0.15, -0.1) is 0 Å². The van der Waals surface area contributed by atoms with Crippen LogP contribution in [0.4, 0.5) is 5.69 Å². The number of rotatable bonds is 5. The molecule has 2 rings (SSSR count). The first-order valence-electron chi connectivity index (χ1n) is 7.68. The third-order valence-corrected chi connectivity index (χ3v) is 4.44. The van der Waals surface area contributed by atoms with Gasteiger partial charge in [-0.1, -0.05) is 88.9 Å². The molecule has 0 aliphatic carbocycles. The molecule has 0 saturated carbocycles.